The lowest BCUT2D eigenvalue weighted by Crippen LogP contribution is -2.17. The number of hydrogen-bond donors (Lipinski definition) is 1. The molecule has 2 N–H and O–H groups in total. The molecule has 2 rings (SSSR count). The van der Waals surface area contributed by atoms with Crippen molar-refractivity contribution in [2.45, 2.75) is 38.0 Å². The molecule has 0 saturated heterocycles. The van der Waals surface area contributed by atoms with Gasteiger partial charge in [0.15, 0.2) is 5.76 Å². The van der Waals surface area contributed by atoms with Gasteiger partial charge in [0.05, 0.1) is 12.3 Å². The standard InChI is InChI=1S/C9H14N2O2/c10-7-1-2-8(5-7)12-6-9-3-4-11-13-9/h3-4,7-8H,1-2,5-6,10H2. The molecule has 2 atom stereocenters. The summed E-state index contributed by atoms with van der Waals surface area (Å²) in [5, 5.41) is 3.60. The van der Waals surface area contributed by atoms with Crippen molar-refractivity contribution in [3.8, 4) is 0 Å². The molecule has 0 bridgehead atoms. The van der Waals surface area contributed by atoms with Crippen LogP contribution in [0.3, 0.4) is 0 Å². The van der Waals surface area contributed by atoms with Crippen molar-refractivity contribution in [1.29, 1.82) is 0 Å². The number of rotatable bonds is 3. The maximum atomic E-state index is 5.76. The van der Waals surface area contributed by atoms with Crippen LogP contribution < -0.4 is 5.73 Å². The predicted octanol–water partition coefficient (Wildman–Crippen LogP) is 1.07. The highest BCUT2D eigenvalue weighted by atomic mass is 16.5. The molecule has 13 heavy (non-hydrogen) atoms. The van der Waals surface area contributed by atoms with Crippen molar-refractivity contribution < 1.29 is 9.26 Å². The highest BCUT2D eigenvalue weighted by molar-refractivity contribution is 4.90. The first-order chi connectivity index (χ1) is 6.34. The molecule has 0 spiro atoms. The minimum absolute atomic E-state index is 0.306. The summed E-state index contributed by atoms with van der Waals surface area (Å²) < 4.78 is 10.5. The number of hydrogen-bond acceptors (Lipinski definition) is 4. The smallest absolute Gasteiger partial charge is 0.162 e. The average molecular weight is 182 g/mol. The van der Waals surface area contributed by atoms with Crippen molar-refractivity contribution in [3.63, 3.8) is 0 Å². The van der Waals surface area contributed by atoms with Gasteiger partial charge in [-0.15, -0.1) is 0 Å². The third kappa shape index (κ3) is 2.29. The lowest BCUT2D eigenvalue weighted by molar-refractivity contribution is 0.0322. The molecule has 1 aliphatic rings. The first-order valence-electron chi connectivity index (χ1n) is 4.61. The number of nitrogens with two attached hydrogens (primary N) is 1. The summed E-state index contributed by atoms with van der Waals surface area (Å²) in [6, 6.07) is 2.13. The van der Waals surface area contributed by atoms with E-state index in [-0.39, 0.29) is 0 Å². The molecule has 0 aromatic carbocycles. The molecule has 4 heteroatoms. The SMILES string of the molecule is NC1CCC(OCc2ccno2)C1. The van der Waals surface area contributed by atoms with E-state index in [9.17, 15) is 0 Å². The second-order valence-electron chi connectivity index (χ2n) is 3.48. The third-order valence-electron chi connectivity index (χ3n) is 2.38. The van der Waals surface area contributed by atoms with Gasteiger partial charge in [-0.1, -0.05) is 5.16 Å². The van der Waals surface area contributed by atoms with Crippen molar-refractivity contribution in [2.75, 3.05) is 0 Å². The van der Waals surface area contributed by atoms with Gasteiger partial charge < -0.3 is 15.0 Å². The lowest BCUT2D eigenvalue weighted by atomic mass is 10.3. The summed E-state index contributed by atoms with van der Waals surface area (Å²) in [6.45, 7) is 0.511. The van der Waals surface area contributed by atoms with Crippen LogP contribution in [0.15, 0.2) is 16.8 Å². The zero-order valence-electron chi connectivity index (χ0n) is 7.48. The molecule has 4 nitrogen and oxygen atoms in total. The van der Waals surface area contributed by atoms with E-state index in [1.807, 2.05) is 6.07 Å². The van der Waals surface area contributed by atoms with Gasteiger partial charge in [-0.3, -0.25) is 0 Å². The van der Waals surface area contributed by atoms with E-state index in [1.165, 1.54) is 0 Å². The first-order valence-corrected chi connectivity index (χ1v) is 4.61. The van der Waals surface area contributed by atoms with Crippen LogP contribution in [-0.2, 0) is 11.3 Å². The molecule has 1 heterocycles. The molecular weight excluding hydrogens is 168 g/mol. The molecule has 1 saturated carbocycles. The molecule has 2 unspecified atom stereocenters. The van der Waals surface area contributed by atoms with Gasteiger partial charge >= 0.3 is 0 Å². The van der Waals surface area contributed by atoms with Crippen LogP contribution in [0, 0.1) is 0 Å². The number of nitrogens with zero attached hydrogens (tertiary/aromatic N) is 1. The third-order valence-corrected chi connectivity index (χ3v) is 2.38. The monoisotopic (exact) mass is 182 g/mol. The summed E-state index contributed by atoms with van der Waals surface area (Å²) in [4.78, 5) is 0. The van der Waals surface area contributed by atoms with Crippen LogP contribution in [0.5, 0.6) is 0 Å². The Bertz CT molecular complexity index is 248. The van der Waals surface area contributed by atoms with Crippen molar-refractivity contribution >= 4 is 0 Å². The molecule has 1 aliphatic carbocycles. The van der Waals surface area contributed by atoms with Gasteiger partial charge in [0.25, 0.3) is 0 Å². The van der Waals surface area contributed by atoms with Crippen LogP contribution in [-0.4, -0.2) is 17.3 Å². The normalized spacial score (nSPS) is 28.1. The molecule has 0 aliphatic heterocycles. The van der Waals surface area contributed by atoms with Gasteiger partial charge in [0.1, 0.15) is 6.61 Å². The molecule has 1 aromatic heterocycles. The van der Waals surface area contributed by atoms with E-state index in [0.717, 1.165) is 25.0 Å². The van der Waals surface area contributed by atoms with Crippen LogP contribution in [0.2, 0.25) is 0 Å². The fraction of sp³-hybridized carbons (Fsp3) is 0.667. The van der Waals surface area contributed by atoms with Gasteiger partial charge in [-0.2, -0.15) is 0 Å². The second-order valence-corrected chi connectivity index (χ2v) is 3.48. The molecule has 1 fully saturated rings. The van der Waals surface area contributed by atoms with E-state index in [0.29, 0.717) is 18.8 Å². The highest BCUT2D eigenvalue weighted by Crippen LogP contribution is 2.21. The van der Waals surface area contributed by atoms with E-state index in [1.54, 1.807) is 6.20 Å². The zero-order valence-corrected chi connectivity index (χ0v) is 7.48. The Labute approximate surface area is 77.0 Å². The molecular formula is C9H14N2O2. The Morgan fingerprint density at radius 2 is 2.54 bits per heavy atom. The van der Waals surface area contributed by atoms with Gasteiger partial charge in [0.2, 0.25) is 0 Å². The van der Waals surface area contributed by atoms with Crippen LogP contribution in [0.25, 0.3) is 0 Å². The maximum absolute atomic E-state index is 5.76. The summed E-state index contributed by atoms with van der Waals surface area (Å²) in [5.41, 5.74) is 5.76. The molecule has 1 aromatic rings. The summed E-state index contributed by atoms with van der Waals surface area (Å²) >= 11 is 0. The average Bonchev–Trinajstić information content (AvgIpc) is 2.71. The highest BCUT2D eigenvalue weighted by Gasteiger charge is 2.22. The Hall–Kier alpha value is -0.870. The van der Waals surface area contributed by atoms with E-state index in [2.05, 4.69) is 5.16 Å². The quantitative estimate of drug-likeness (QED) is 0.759. The minimum Gasteiger partial charge on any atom is -0.370 e. The van der Waals surface area contributed by atoms with Crippen molar-refractivity contribution in [2.24, 2.45) is 5.73 Å². The Morgan fingerprint density at radius 3 is 3.15 bits per heavy atom. The molecule has 0 radical (unpaired) electrons. The van der Waals surface area contributed by atoms with E-state index in [4.69, 9.17) is 15.0 Å². The Morgan fingerprint density at radius 1 is 1.62 bits per heavy atom. The lowest BCUT2D eigenvalue weighted by Gasteiger charge is -2.08. The first kappa shape index (κ1) is 8.72. The van der Waals surface area contributed by atoms with E-state index < -0.39 is 0 Å². The summed E-state index contributed by atoms with van der Waals surface area (Å²) in [7, 11) is 0. The van der Waals surface area contributed by atoms with E-state index >= 15 is 0 Å². The topological polar surface area (TPSA) is 61.3 Å². The van der Waals surface area contributed by atoms with Crippen LogP contribution in [0.4, 0.5) is 0 Å². The zero-order chi connectivity index (χ0) is 9.10. The van der Waals surface area contributed by atoms with Crippen molar-refractivity contribution in [3.05, 3.63) is 18.0 Å². The minimum atomic E-state index is 0.306. The fourth-order valence-electron chi connectivity index (χ4n) is 1.64. The predicted molar refractivity (Wildman–Crippen MR) is 46.9 cm³/mol. The van der Waals surface area contributed by atoms with Gasteiger partial charge in [-0.05, 0) is 19.3 Å². The fourth-order valence-corrected chi connectivity index (χ4v) is 1.64. The Kier molecular flexibility index (Phi) is 2.61. The van der Waals surface area contributed by atoms with Gasteiger partial charge in [-0.25, -0.2) is 0 Å². The maximum Gasteiger partial charge on any atom is 0.162 e. The summed E-state index contributed by atoms with van der Waals surface area (Å²) in [5.74, 6) is 0.778. The van der Waals surface area contributed by atoms with Crippen molar-refractivity contribution in [1.82, 2.24) is 5.16 Å². The van der Waals surface area contributed by atoms with Crippen LogP contribution in [0.1, 0.15) is 25.0 Å². The molecule has 0 amide bonds. The Balaban J connectivity index is 1.74. The number of aromatic nitrogens is 1. The molecule has 72 valence electrons. The number of ether oxygens (including phenoxy) is 1. The summed E-state index contributed by atoms with van der Waals surface area (Å²) in [6.07, 6.45) is 5.03. The van der Waals surface area contributed by atoms with Gasteiger partial charge in [0, 0.05) is 12.1 Å². The van der Waals surface area contributed by atoms with Crippen LogP contribution >= 0.6 is 0 Å². The second kappa shape index (κ2) is 3.89. The largest absolute Gasteiger partial charge is 0.370 e.